The van der Waals surface area contributed by atoms with Crippen LogP contribution in [0.15, 0.2) is 67.0 Å². The average Bonchev–Trinajstić information content (AvgIpc) is 2.70. The molecule has 0 aliphatic rings. The maximum atomic E-state index is 12.2. The number of hydrogen-bond acceptors (Lipinski definition) is 4. The Balaban J connectivity index is 1.52. The molecule has 0 fully saturated rings. The Bertz CT molecular complexity index is 859. The fraction of sp³-hybridized carbons (Fsp3) is 0.227. The van der Waals surface area contributed by atoms with Crippen LogP contribution in [-0.4, -0.2) is 22.4 Å². The topological polar surface area (TPSA) is 66.9 Å². The van der Waals surface area contributed by atoms with E-state index < -0.39 is 0 Å². The molecule has 2 aromatic carbocycles. The minimum Gasteiger partial charge on any atom is -0.350 e. The van der Waals surface area contributed by atoms with Crippen LogP contribution in [0.2, 0.25) is 0 Å². The van der Waals surface area contributed by atoms with E-state index in [0.717, 1.165) is 12.1 Å². The molecule has 5 heteroatoms. The van der Waals surface area contributed by atoms with Crippen molar-refractivity contribution >= 4 is 17.4 Å². The summed E-state index contributed by atoms with van der Waals surface area (Å²) in [5.41, 5.74) is 3.72. The summed E-state index contributed by atoms with van der Waals surface area (Å²) < 4.78 is 0. The van der Waals surface area contributed by atoms with E-state index in [2.05, 4.69) is 46.6 Å². The third kappa shape index (κ3) is 5.38. The second kappa shape index (κ2) is 8.94. The molecule has 0 radical (unpaired) electrons. The molecule has 0 unspecified atom stereocenters. The second-order valence-electron chi connectivity index (χ2n) is 6.68. The summed E-state index contributed by atoms with van der Waals surface area (Å²) in [5, 5.41) is 6.07. The van der Waals surface area contributed by atoms with E-state index in [1.54, 1.807) is 6.20 Å². The summed E-state index contributed by atoms with van der Waals surface area (Å²) >= 11 is 0. The van der Waals surface area contributed by atoms with Crippen LogP contribution in [0.3, 0.4) is 0 Å². The van der Waals surface area contributed by atoms with Crippen LogP contribution >= 0.6 is 0 Å². The fourth-order valence-electron chi connectivity index (χ4n) is 2.66. The number of anilines is 2. The van der Waals surface area contributed by atoms with Gasteiger partial charge in [-0.2, -0.15) is 0 Å². The Morgan fingerprint density at radius 2 is 1.70 bits per heavy atom. The Morgan fingerprint density at radius 1 is 0.963 bits per heavy atom. The molecule has 0 aliphatic carbocycles. The zero-order valence-corrected chi connectivity index (χ0v) is 15.6. The number of nitrogens with zero attached hydrogens (tertiary/aromatic N) is 2. The molecule has 1 amide bonds. The molecule has 138 valence electrons. The lowest BCUT2D eigenvalue weighted by Crippen LogP contribution is -2.26. The van der Waals surface area contributed by atoms with Crippen molar-refractivity contribution in [1.29, 1.82) is 0 Å². The number of nitrogens with one attached hydrogen (secondary N) is 2. The van der Waals surface area contributed by atoms with E-state index in [1.807, 2.05) is 42.5 Å². The van der Waals surface area contributed by atoms with Crippen molar-refractivity contribution in [3.63, 3.8) is 0 Å². The van der Waals surface area contributed by atoms with E-state index >= 15 is 0 Å². The maximum absolute atomic E-state index is 12.2. The van der Waals surface area contributed by atoms with Gasteiger partial charge in [0.05, 0.1) is 12.4 Å². The molecular formula is C22H24N4O. The number of carbonyl (C=O) groups excluding carboxylic acids is 1. The number of rotatable bonds is 7. The van der Waals surface area contributed by atoms with E-state index in [-0.39, 0.29) is 5.91 Å². The Morgan fingerprint density at radius 3 is 2.33 bits per heavy atom. The molecule has 1 aromatic heterocycles. The van der Waals surface area contributed by atoms with Gasteiger partial charge in [-0.25, -0.2) is 9.97 Å². The normalized spacial score (nSPS) is 10.6. The van der Waals surface area contributed by atoms with Crippen molar-refractivity contribution in [3.05, 3.63) is 83.8 Å². The Labute approximate surface area is 159 Å². The lowest BCUT2D eigenvalue weighted by molar-refractivity contribution is 0.0949. The highest BCUT2D eigenvalue weighted by molar-refractivity contribution is 5.92. The van der Waals surface area contributed by atoms with Crippen LogP contribution in [0.25, 0.3) is 0 Å². The molecule has 0 saturated carbocycles. The Hall–Kier alpha value is -3.21. The van der Waals surface area contributed by atoms with Gasteiger partial charge < -0.3 is 10.6 Å². The van der Waals surface area contributed by atoms with Gasteiger partial charge in [0.1, 0.15) is 11.5 Å². The largest absolute Gasteiger partial charge is 0.350 e. The molecule has 1 heterocycles. The van der Waals surface area contributed by atoms with Crippen molar-refractivity contribution in [3.8, 4) is 0 Å². The molecule has 0 saturated heterocycles. The number of carbonyl (C=O) groups is 1. The Kier molecular flexibility index (Phi) is 6.15. The SMILES string of the molecule is CC(C)c1ccc(Nc2cnc(C(=O)NCCc3ccccc3)cn2)cc1. The first kappa shape index (κ1) is 18.6. The minimum atomic E-state index is -0.216. The molecule has 0 aliphatic heterocycles. The van der Waals surface area contributed by atoms with Crippen LogP contribution in [-0.2, 0) is 6.42 Å². The summed E-state index contributed by atoms with van der Waals surface area (Å²) in [6, 6.07) is 18.3. The zero-order valence-electron chi connectivity index (χ0n) is 15.6. The molecule has 5 nitrogen and oxygen atoms in total. The summed E-state index contributed by atoms with van der Waals surface area (Å²) in [5.74, 6) is 0.887. The summed E-state index contributed by atoms with van der Waals surface area (Å²) in [7, 11) is 0. The highest BCUT2D eigenvalue weighted by Gasteiger charge is 2.08. The van der Waals surface area contributed by atoms with Crippen molar-refractivity contribution in [2.75, 3.05) is 11.9 Å². The van der Waals surface area contributed by atoms with E-state index in [1.165, 1.54) is 17.3 Å². The molecule has 0 spiro atoms. The minimum absolute atomic E-state index is 0.216. The van der Waals surface area contributed by atoms with Crippen LogP contribution in [0, 0.1) is 0 Å². The highest BCUT2D eigenvalue weighted by atomic mass is 16.1. The average molecular weight is 360 g/mol. The molecule has 3 aromatic rings. The number of aromatic nitrogens is 2. The summed E-state index contributed by atoms with van der Waals surface area (Å²) in [6.45, 7) is 4.89. The van der Waals surface area contributed by atoms with Gasteiger partial charge >= 0.3 is 0 Å². The van der Waals surface area contributed by atoms with Crippen molar-refractivity contribution in [1.82, 2.24) is 15.3 Å². The molecule has 27 heavy (non-hydrogen) atoms. The predicted octanol–water partition coefficient (Wildman–Crippen LogP) is 4.32. The van der Waals surface area contributed by atoms with Crippen LogP contribution < -0.4 is 10.6 Å². The molecule has 2 N–H and O–H groups in total. The third-order valence-corrected chi connectivity index (χ3v) is 4.28. The fourth-order valence-corrected chi connectivity index (χ4v) is 2.66. The van der Waals surface area contributed by atoms with Gasteiger partial charge in [0.25, 0.3) is 5.91 Å². The first-order valence-corrected chi connectivity index (χ1v) is 9.13. The van der Waals surface area contributed by atoms with Gasteiger partial charge in [-0.15, -0.1) is 0 Å². The lowest BCUT2D eigenvalue weighted by Gasteiger charge is -2.09. The number of hydrogen-bond donors (Lipinski definition) is 2. The lowest BCUT2D eigenvalue weighted by atomic mass is 10.0. The van der Waals surface area contributed by atoms with Crippen LogP contribution in [0.1, 0.15) is 41.4 Å². The van der Waals surface area contributed by atoms with Crippen molar-refractivity contribution in [2.24, 2.45) is 0 Å². The smallest absolute Gasteiger partial charge is 0.271 e. The second-order valence-corrected chi connectivity index (χ2v) is 6.68. The van der Waals surface area contributed by atoms with Gasteiger partial charge in [-0.05, 0) is 35.6 Å². The summed E-state index contributed by atoms with van der Waals surface area (Å²) in [6.07, 6.45) is 3.84. The third-order valence-electron chi connectivity index (χ3n) is 4.28. The van der Waals surface area contributed by atoms with Crippen LogP contribution in [0.4, 0.5) is 11.5 Å². The highest BCUT2D eigenvalue weighted by Crippen LogP contribution is 2.19. The van der Waals surface area contributed by atoms with Gasteiger partial charge in [-0.1, -0.05) is 56.3 Å². The number of amides is 1. The van der Waals surface area contributed by atoms with Gasteiger partial charge in [0.2, 0.25) is 0 Å². The quantitative estimate of drug-likeness (QED) is 0.659. The van der Waals surface area contributed by atoms with E-state index in [0.29, 0.717) is 24.0 Å². The van der Waals surface area contributed by atoms with E-state index in [9.17, 15) is 4.79 Å². The van der Waals surface area contributed by atoms with E-state index in [4.69, 9.17) is 0 Å². The molecule has 0 atom stereocenters. The first-order chi connectivity index (χ1) is 13.1. The molecule has 3 rings (SSSR count). The summed E-state index contributed by atoms with van der Waals surface area (Å²) in [4.78, 5) is 20.7. The molecule has 0 bridgehead atoms. The van der Waals surface area contributed by atoms with Gasteiger partial charge in [-0.3, -0.25) is 4.79 Å². The first-order valence-electron chi connectivity index (χ1n) is 9.13. The zero-order chi connectivity index (χ0) is 19.1. The van der Waals surface area contributed by atoms with Crippen molar-refractivity contribution in [2.45, 2.75) is 26.2 Å². The van der Waals surface area contributed by atoms with Crippen LogP contribution in [0.5, 0.6) is 0 Å². The predicted molar refractivity (Wildman–Crippen MR) is 108 cm³/mol. The maximum Gasteiger partial charge on any atom is 0.271 e. The van der Waals surface area contributed by atoms with Gasteiger partial charge in [0, 0.05) is 12.2 Å². The molecular weight excluding hydrogens is 336 g/mol. The monoisotopic (exact) mass is 360 g/mol. The van der Waals surface area contributed by atoms with Crippen molar-refractivity contribution < 1.29 is 4.79 Å². The standard InChI is InChI=1S/C22H24N4O/c1-16(2)18-8-10-19(11-9-18)26-21-15-24-20(14-25-21)22(27)23-13-12-17-6-4-3-5-7-17/h3-11,14-16H,12-13H2,1-2H3,(H,23,27)(H,25,26). The number of benzene rings is 2. The van der Waals surface area contributed by atoms with Gasteiger partial charge in [0.15, 0.2) is 0 Å².